The molecule has 0 bridgehead atoms. The first kappa shape index (κ1) is 15.2. The first-order valence-electron chi connectivity index (χ1n) is 5.97. The number of halogens is 2. The minimum absolute atomic E-state index is 0.105. The van der Waals surface area contributed by atoms with Gasteiger partial charge in [-0.25, -0.2) is 9.37 Å². The molecule has 0 saturated carbocycles. The number of aryl methyl sites for hydroxylation is 1. The summed E-state index contributed by atoms with van der Waals surface area (Å²) in [5.41, 5.74) is 1.17. The van der Waals surface area contributed by atoms with E-state index < -0.39 is 10.7 Å². The molecule has 0 atom stereocenters. The summed E-state index contributed by atoms with van der Waals surface area (Å²) in [6.45, 7) is 1.79. The van der Waals surface area contributed by atoms with Crippen LogP contribution in [0, 0.1) is 22.9 Å². The lowest BCUT2D eigenvalue weighted by atomic mass is 10.2. The first-order valence-corrected chi connectivity index (χ1v) is 6.77. The fourth-order valence-corrected chi connectivity index (χ4v) is 2.19. The summed E-state index contributed by atoms with van der Waals surface area (Å²) in [6, 6.07) is 5.54. The van der Waals surface area contributed by atoms with Gasteiger partial charge in [-0.05, 0) is 40.5 Å². The third-order valence-corrected chi connectivity index (χ3v) is 3.41. The van der Waals surface area contributed by atoms with E-state index in [1.165, 1.54) is 18.2 Å². The molecule has 0 unspecified atom stereocenters. The van der Waals surface area contributed by atoms with E-state index in [9.17, 15) is 14.5 Å². The molecular weight excluding hydrogens is 343 g/mol. The van der Waals surface area contributed by atoms with Crippen LogP contribution in [0.3, 0.4) is 0 Å². The lowest BCUT2D eigenvalue weighted by Gasteiger charge is -2.11. The highest BCUT2D eigenvalue weighted by Crippen LogP contribution is 2.28. The molecule has 21 heavy (non-hydrogen) atoms. The Labute approximate surface area is 128 Å². The van der Waals surface area contributed by atoms with Crippen molar-refractivity contribution >= 4 is 38.9 Å². The number of nitro groups is 1. The average Bonchev–Trinajstić information content (AvgIpc) is 2.44. The van der Waals surface area contributed by atoms with E-state index in [1.807, 2.05) is 0 Å². The van der Waals surface area contributed by atoms with E-state index in [-0.39, 0.29) is 11.5 Å². The largest absolute Gasteiger partial charge is 0.373 e. The summed E-state index contributed by atoms with van der Waals surface area (Å²) in [4.78, 5) is 14.5. The topological polar surface area (TPSA) is 80.1 Å². The molecule has 0 aliphatic heterocycles. The van der Waals surface area contributed by atoms with Crippen LogP contribution in [0.1, 0.15) is 5.56 Å². The van der Waals surface area contributed by atoms with Crippen molar-refractivity contribution in [3.8, 4) is 0 Å². The Morgan fingerprint density at radius 3 is 2.57 bits per heavy atom. The van der Waals surface area contributed by atoms with Gasteiger partial charge in [-0.3, -0.25) is 10.1 Å². The second-order valence-electron chi connectivity index (χ2n) is 4.31. The number of aromatic nitrogens is 1. The van der Waals surface area contributed by atoms with Gasteiger partial charge < -0.3 is 10.6 Å². The summed E-state index contributed by atoms with van der Waals surface area (Å²) in [5.74, 6) is 0.183. The monoisotopic (exact) mass is 354 g/mol. The Bertz CT molecular complexity index is 709. The summed E-state index contributed by atoms with van der Waals surface area (Å²) < 4.78 is 13.9. The lowest BCUT2D eigenvalue weighted by molar-refractivity contribution is -0.384. The van der Waals surface area contributed by atoms with Gasteiger partial charge in [0, 0.05) is 12.7 Å². The number of hydrogen-bond donors (Lipinski definition) is 2. The number of benzene rings is 1. The highest BCUT2D eigenvalue weighted by molar-refractivity contribution is 9.10. The Morgan fingerprint density at radius 1 is 1.29 bits per heavy atom. The zero-order valence-electron chi connectivity index (χ0n) is 11.3. The Hall–Kier alpha value is -2.22. The smallest absolute Gasteiger partial charge is 0.276 e. The molecule has 0 saturated heterocycles. The van der Waals surface area contributed by atoms with Crippen molar-refractivity contribution in [1.29, 1.82) is 0 Å². The van der Waals surface area contributed by atoms with Gasteiger partial charge in [-0.15, -0.1) is 0 Å². The van der Waals surface area contributed by atoms with Crippen LogP contribution in [0.15, 0.2) is 28.7 Å². The first-order chi connectivity index (χ1) is 9.90. The second kappa shape index (κ2) is 6.04. The maximum Gasteiger partial charge on any atom is 0.276 e. The summed E-state index contributed by atoms with van der Waals surface area (Å²) in [6.07, 6.45) is 0. The van der Waals surface area contributed by atoms with Crippen molar-refractivity contribution in [2.75, 3.05) is 17.7 Å². The van der Waals surface area contributed by atoms with Crippen molar-refractivity contribution in [2.45, 2.75) is 6.92 Å². The van der Waals surface area contributed by atoms with E-state index in [1.54, 1.807) is 20.0 Å². The minimum Gasteiger partial charge on any atom is -0.373 e. The minimum atomic E-state index is -0.511. The van der Waals surface area contributed by atoms with Crippen molar-refractivity contribution in [2.24, 2.45) is 0 Å². The van der Waals surface area contributed by atoms with Crippen molar-refractivity contribution in [3.05, 3.63) is 50.2 Å². The standard InChI is InChI=1S/C13H12BrFN4O2/c1-7-3-9(14)10(15)6-11(7)17-13-5-8(19(20)21)4-12(16-2)18-13/h3-6H,1-2H3,(H2,16,17,18). The van der Waals surface area contributed by atoms with Crippen LogP contribution >= 0.6 is 15.9 Å². The third-order valence-electron chi connectivity index (χ3n) is 2.81. The molecule has 8 heteroatoms. The average molecular weight is 355 g/mol. The summed E-state index contributed by atoms with van der Waals surface area (Å²) >= 11 is 3.10. The molecule has 2 aromatic rings. The number of rotatable bonds is 4. The van der Waals surface area contributed by atoms with Crippen LogP contribution in [-0.4, -0.2) is 17.0 Å². The molecule has 2 rings (SSSR count). The Balaban J connectivity index is 2.41. The zero-order chi connectivity index (χ0) is 15.6. The molecule has 1 heterocycles. The van der Waals surface area contributed by atoms with Gasteiger partial charge in [0.05, 0.1) is 21.5 Å². The zero-order valence-corrected chi connectivity index (χ0v) is 12.9. The van der Waals surface area contributed by atoms with Crippen LogP contribution in [-0.2, 0) is 0 Å². The third kappa shape index (κ3) is 3.46. The lowest BCUT2D eigenvalue weighted by Crippen LogP contribution is -2.01. The van der Waals surface area contributed by atoms with Crippen molar-refractivity contribution in [3.63, 3.8) is 0 Å². The fraction of sp³-hybridized carbons (Fsp3) is 0.154. The highest BCUT2D eigenvalue weighted by Gasteiger charge is 2.12. The number of pyridine rings is 1. The molecule has 6 nitrogen and oxygen atoms in total. The molecule has 0 aliphatic rings. The number of nitrogens with zero attached hydrogens (tertiary/aromatic N) is 2. The number of nitrogens with one attached hydrogen (secondary N) is 2. The maximum atomic E-state index is 13.6. The van der Waals surface area contributed by atoms with E-state index in [0.717, 1.165) is 5.56 Å². The molecule has 0 spiro atoms. The van der Waals surface area contributed by atoms with Crippen molar-refractivity contribution < 1.29 is 9.31 Å². The van der Waals surface area contributed by atoms with E-state index in [4.69, 9.17) is 0 Å². The quantitative estimate of drug-likeness (QED) is 0.640. The number of hydrogen-bond acceptors (Lipinski definition) is 5. The van der Waals surface area contributed by atoms with Crippen LogP contribution in [0.2, 0.25) is 0 Å². The van der Waals surface area contributed by atoms with Gasteiger partial charge in [0.1, 0.15) is 17.5 Å². The normalized spacial score (nSPS) is 10.3. The van der Waals surface area contributed by atoms with Crippen molar-refractivity contribution in [1.82, 2.24) is 4.98 Å². The predicted octanol–water partition coefficient (Wildman–Crippen LogP) is 3.99. The van der Waals surface area contributed by atoms with Crippen LogP contribution in [0.5, 0.6) is 0 Å². The SMILES string of the molecule is CNc1cc([N+](=O)[O-])cc(Nc2cc(F)c(Br)cc2C)n1. The Kier molecular flexibility index (Phi) is 4.37. The van der Waals surface area contributed by atoms with Crippen LogP contribution < -0.4 is 10.6 Å². The maximum absolute atomic E-state index is 13.6. The highest BCUT2D eigenvalue weighted by atomic mass is 79.9. The molecule has 0 aliphatic carbocycles. The fourth-order valence-electron chi connectivity index (χ4n) is 1.73. The summed E-state index contributed by atoms with van der Waals surface area (Å²) in [5, 5.41) is 16.5. The van der Waals surface area contributed by atoms with Gasteiger partial charge in [-0.1, -0.05) is 0 Å². The van der Waals surface area contributed by atoms with Gasteiger partial charge >= 0.3 is 0 Å². The van der Waals surface area contributed by atoms with E-state index >= 15 is 0 Å². The molecule has 0 radical (unpaired) electrons. The van der Waals surface area contributed by atoms with E-state index in [0.29, 0.717) is 16.0 Å². The second-order valence-corrected chi connectivity index (χ2v) is 5.16. The molecule has 1 aromatic carbocycles. The summed E-state index contributed by atoms with van der Waals surface area (Å²) in [7, 11) is 1.61. The molecular formula is C13H12BrFN4O2. The van der Waals surface area contributed by atoms with Gasteiger partial charge in [0.15, 0.2) is 0 Å². The Morgan fingerprint density at radius 2 is 1.95 bits per heavy atom. The molecule has 110 valence electrons. The van der Waals surface area contributed by atoms with Gasteiger partial charge in [0.2, 0.25) is 0 Å². The molecule has 1 aromatic heterocycles. The van der Waals surface area contributed by atoms with Crippen LogP contribution in [0.4, 0.5) is 27.4 Å². The predicted molar refractivity (Wildman–Crippen MR) is 82.6 cm³/mol. The van der Waals surface area contributed by atoms with Crippen LogP contribution in [0.25, 0.3) is 0 Å². The van der Waals surface area contributed by atoms with E-state index in [2.05, 4.69) is 31.5 Å². The van der Waals surface area contributed by atoms with Gasteiger partial charge in [0.25, 0.3) is 5.69 Å². The molecule has 2 N–H and O–H groups in total. The molecule has 0 fully saturated rings. The number of anilines is 3. The van der Waals surface area contributed by atoms with Gasteiger partial charge in [-0.2, -0.15) is 0 Å². The molecule has 0 amide bonds.